The Kier molecular flexibility index (Phi) is 5.45. The van der Waals surface area contributed by atoms with Gasteiger partial charge in [0.1, 0.15) is 0 Å². The van der Waals surface area contributed by atoms with E-state index in [2.05, 4.69) is 5.32 Å². The van der Waals surface area contributed by atoms with Gasteiger partial charge >= 0.3 is 0 Å². The van der Waals surface area contributed by atoms with Crippen LogP contribution >= 0.6 is 23.4 Å². The minimum absolute atomic E-state index is 0.0667. The fraction of sp³-hybridized carbons (Fsp3) is 0.300. The summed E-state index contributed by atoms with van der Waals surface area (Å²) in [6.07, 6.45) is 0. The summed E-state index contributed by atoms with van der Waals surface area (Å²) in [5.74, 6) is 0.665. The van der Waals surface area contributed by atoms with E-state index in [-0.39, 0.29) is 18.3 Å². The van der Waals surface area contributed by atoms with Crippen LogP contribution < -0.4 is 11.1 Å². The van der Waals surface area contributed by atoms with E-state index in [0.717, 1.165) is 0 Å². The Labute approximate surface area is 103 Å². The van der Waals surface area contributed by atoms with Crippen LogP contribution in [-0.4, -0.2) is 29.1 Å². The molecule has 0 aliphatic carbocycles. The molecule has 0 aromatic heterocycles. The van der Waals surface area contributed by atoms with Crippen LogP contribution in [0.5, 0.6) is 0 Å². The maximum atomic E-state index is 11.4. The minimum atomic E-state index is -0.160. The number of benzene rings is 1. The van der Waals surface area contributed by atoms with Crippen molar-refractivity contribution in [2.24, 2.45) is 0 Å². The normalized spacial score (nSPS) is 10.1. The summed E-state index contributed by atoms with van der Waals surface area (Å²) in [6, 6.07) is 4.90. The molecule has 0 bridgehead atoms. The third-order valence-electron chi connectivity index (χ3n) is 1.76. The van der Waals surface area contributed by atoms with Gasteiger partial charge in [0.05, 0.1) is 23.7 Å². The van der Waals surface area contributed by atoms with Gasteiger partial charge in [-0.2, -0.15) is 0 Å². The zero-order valence-electron chi connectivity index (χ0n) is 8.57. The molecule has 0 atom stereocenters. The highest BCUT2D eigenvalue weighted by atomic mass is 35.5. The van der Waals surface area contributed by atoms with Gasteiger partial charge in [-0.25, -0.2) is 0 Å². The summed E-state index contributed by atoms with van der Waals surface area (Å²) in [4.78, 5) is 11.4. The molecule has 0 fully saturated rings. The summed E-state index contributed by atoms with van der Waals surface area (Å²) >= 11 is 7.14. The Morgan fingerprint density at radius 3 is 3.00 bits per heavy atom. The predicted molar refractivity (Wildman–Crippen MR) is 68.9 cm³/mol. The molecular formula is C10H13ClN2O2S. The second-order valence-corrected chi connectivity index (χ2v) is 4.60. The van der Waals surface area contributed by atoms with E-state index in [0.29, 0.717) is 22.2 Å². The number of rotatable bonds is 5. The van der Waals surface area contributed by atoms with E-state index in [1.54, 1.807) is 18.2 Å². The van der Waals surface area contributed by atoms with Crippen LogP contribution in [0.15, 0.2) is 18.2 Å². The number of aliphatic hydroxyl groups excluding tert-OH is 1. The molecule has 0 aliphatic heterocycles. The van der Waals surface area contributed by atoms with Crippen molar-refractivity contribution in [3.8, 4) is 0 Å². The first kappa shape index (κ1) is 13.2. The van der Waals surface area contributed by atoms with Crippen molar-refractivity contribution in [1.82, 2.24) is 0 Å². The molecule has 0 heterocycles. The third kappa shape index (κ3) is 4.30. The van der Waals surface area contributed by atoms with Gasteiger partial charge in [0.15, 0.2) is 0 Å². The summed E-state index contributed by atoms with van der Waals surface area (Å²) in [5.41, 5.74) is 6.66. The van der Waals surface area contributed by atoms with E-state index in [9.17, 15) is 4.79 Å². The molecule has 16 heavy (non-hydrogen) atoms. The lowest BCUT2D eigenvalue weighted by molar-refractivity contribution is -0.113. The van der Waals surface area contributed by atoms with Gasteiger partial charge < -0.3 is 16.2 Å². The van der Waals surface area contributed by atoms with Crippen LogP contribution in [0, 0.1) is 0 Å². The molecule has 4 nitrogen and oxygen atoms in total. The summed E-state index contributed by atoms with van der Waals surface area (Å²) in [7, 11) is 0. The minimum Gasteiger partial charge on any atom is -0.397 e. The quantitative estimate of drug-likeness (QED) is 0.555. The van der Waals surface area contributed by atoms with Crippen molar-refractivity contribution >= 4 is 40.6 Å². The van der Waals surface area contributed by atoms with E-state index >= 15 is 0 Å². The summed E-state index contributed by atoms with van der Waals surface area (Å²) in [6.45, 7) is 0.0667. The first-order valence-corrected chi connectivity index (χ1v) is 6.20. The van der Waals surface area contributed by atoms with Crippen molar-refractivity contribution in [2.75, 3.05) is 29.2 Å². The molecule has 0 spiro atoms. The van der Waals surface area contributed by atoms with Gasteiger partial charge in [-0.05, 0) is 18.2 Å². The number of hydrogen-bond acceptors (Lipinski definition) is 4. The van der Waals surface area contributed by atoms with E-state index in [1.807, 2.05) is 0 Å². The molecule has 0 unspecified atom stereocenters. The van der Waals surface area contributed by atoms with Crippen LogP contribution in [0.3, 0.4) is 0 Å². The monoisotopic (exact) mass is 260 g/mol. The number of nitrogens with one attached hydrogen (secondary N) is 1. The van der Waals surface area contributed by atoms with Crippen molar-refractivity contribution in [3.63, 3.8) is 0 Å². The highest BCUT2D eigenvalue weighted by Gasteiger charge is 2.05. The van der Waals surface area contributed by atoms with Crippen molar-refractivity contribution in [3.05, 3.63) is 23.2 Å². The molecule has 0 saturated heterocycles. The molecular weight excluding hydrogens is 248 g/mol. The maximum absolute atomic E-state index is 11.4. The Balaban J connectivity index is 2.52. The first-order chi connectivity index (χ1) is 7.63. The third-order valence-corrected chi connectivity index (χ3v) is 2.93. The molecule has 1 aromatic carbocycles. The van der Waals surface area contributed by atoms with Gasteiger partial charge in [0.25, 0.3) is 0 Å². The number of nitrogen functional groups attached to an aromatic ring is 1. The van der Waals surface area contributed by atoms with Gasteiger partial charge in [-0.1, -0.05) is 11.6 Å². The first-order valence-electron chi connectivity index (χ1n) is 4.67. The van der Waals surface area contributed by atoms with Gasteiger partial charge in [-0.15, -0.1) is 11.8 Å². The molecule has 0 radical (unpaired) electrons. The number of amides is 1. The molecule has 88 valence electrons. The second kappa shape index (κ2) is 6.62. The predicted octanol–water partition coefficient (Wildman–Crippen LogP) is 1.59. The van der Waals surface area contributed by atoms with Gasteiger partial charge in [-0.3, -0.25) is 4.79 Å². The van der Waals surface area contributed by atoms with E-state index < -0.39 is 0 Å². The van der Waals surface area contributed by atoms with Crippen molar-refractivity contribution in [1.29, 1.82) is 0 Å². The zero-order valence-corrected chi connectivity index (χ0v) is 10.1. The number of carbonyl (C=O) groups excluding carboxylic acids is 1. The van der Waals surface area contributed by atoms with Crippen LogP contribution in [0.1, 0.15) is 0 Å². The molecule has 4 N–H and O–H groups in total. The number of carbonyl (C=O) groups is 1. The zero-order chi connectivity index (χ0) is 12.0. The lowest BCUT2D eigenvalue weighted by atomic mass is 10.2. The lowest BCUT2D eigenvalue weighted by Gasteiger charge is -2.08. The highest BCUT2D eigenvalue weighted by molar-refractivity contribution is 7.99. The van der Waals surface area contributed by atoms with E-state index in [4.69, 9.17) is 22.4 Å². The molecule has 1 rings (SSSR count). The maximum Gasteiger partial charge on any atom is 0.234 e. The van der Waals surface area contributed by atoms with Crippen LogP contribution in [0.25, 0.3) is 0 Å². The Morgan fingerprint density at radius 1 is 1.56 bits per heavy atom. The Morgan fingerprint density at radius 2 is 2.31 bits per heavy atom. The fourth-order valence-electron chi connectivity index (χ4n) is 1.05. The van der Waals surface area contributed by atoms with Crippen molar-refractivity contribution in [2.45, 2.75) is 0 Å². The number of thioether (sulfide) groups is 1. The fourth-order valence-corrected chi connectivity index (χ4v) is 1.76. The average molecular weight is 261 g/mol. The van der Waals surface area contributed by atoms with Gasteiger partial charge in [0.2, 0.25) is 5.91 Å². The summed E-state index contributed by atoms with van der Waals surface area (Å²) < 4.78 is 0. The second-order valence-electron chi connectivity index (χ2n) is 3.06. The topological polar surface area (TPSA) is 75.3 Å². The van der Waals surface area contributed by atoms with Crippen LogP contribution in [0.4, 0.5) is 11.4 Å². The summed E-state index contributed by atoms with van der Waals surface area (Å²) in [5, 5.41) is 11.7. The highest BCUT2D eigenvalue weighted by Crippen LogP contribution is 2.22. The molecule has 0 aliphatic rings. The largest absolute Gasteiger partial charge is 0.397 e. The molecule has 6 heteroatoms. The molecule has 1 aromatic rings. The Hall–Kier alpha value is -0.910. The smallest absolute Gasteiger partial charge is 0.234 e. The van der Waals surface area contributed by atoms with Crippen LogP contribution in [-0.2, 0) is 4.79 Å². The van der Waals surface area contributed by atoms with Gasteiger partial charge in [0, 0.05) is 10.8 Å². The molecule has 1 amide bonds. The number of nitrogens with two attached hydrogens (primary N) is 1. The number of anilines is 2. The lowest BCUT2D eigenvalue weighted by Crippen LogP contribution is -2.15. The Bertz CT molecular complexity index is 374. The van der Waals surface area contributed by atoms with Crippen molar-refractivity contribution < 1.29 is 9.90 Å². The average Bonchev–Trinajstić information content (AvgIpc) is 2.24. The number of halogens is 1. The van der Waals surface area contributed by atoms with E-state index in [1.165, 1.54) is 11.8 Å². The standard InChI is InChI=1S/C10H13ClN2O2S/c11-7-1-2-8(12)9(5-7)13-10(15)6-16-4-3-14/h1-2,5,14H,3-4,6,12H2,(H,13,15). The number of aliphatic hydroxyl groups is 1. The number of hydrogen-bond donors (Lipinski definition) is 3. The molecule has 0 saturated carbocycles. The SMILES string of the molecule is Nc1ccc(Cl)cc1NC(=O)CSCCO. The van der Waals surface area contributed by atoms with Crippen LogP contribution in [0.2, 0.25) is 5.02 Å².